The highest BCUT2D eigenvalue weighted by Crippen LogP contribution is 2.30. The van der Waals surface area contributed by atoms with Crippen molar-refractivity contribution in [3.8, 4) is 0 Å². The zero-order chi connectivity index (χ0) is 16.4. The average molecular weight is 350 g/mol. The van der Waals surface area contributed by atoms with Crippen molar-refractivity contribution in [3.05, 3.63) is 45.4 Å². The minimum atomic E-state index is -0.683. The van der Waals surface area contributed by atoms with Gasteiger partial charge in [-0.1, -0.05) is 23.7 Å². The van der Waals surface area contributed by atoms with Crippen LogP contribution < -0.4 is 10.6 Å². The SMILES string of the molecule is CC(NC(=O)c1ccccc1Cl)C(=O)Nc1nc2c(s1)CCC2. The van der Waals surface area contributed by atoms with E-state index in [2.05, 4.69) is 15.6 Å². The zero-order valence-electron chi connectivity index (χ0n) is 12.6. The van der Waals surface area contributed by atoms with Gasteiger partial charge in [-0.25, -0.2) is 4.98 Å². The lowest BCUT2D eigenvalue weighted by atomic mass is 10.2. The summed E-state index contributed by atoms with van der Waals surface area (Å²) in [7, 11) is 0. The van der Waals surface area contributed by atoms with Gasteiger partial charge in [0.15, 0.2) is 5.13 Å². The second kappa shape index (κ2) is 6.68. The van der Waals surface area contributed by atoms with E-state index in [1.165, 1.54) is 16.2 Å². The fourth-order valence-corrected chi connectivity index (χ4v) is 3.72. The third-order valence-electron chi connectivity index (χ3n) is 3.69. The fourth-order valence-electron chi connectivity index (χ4n) is 2.44. The number of nitrogens with one attached hydrogen (secondary N) is 2. The Labute approximate surface area is 143 Å². The smallest absolute Gasteiger partial charge is 0.253 e. The van der Waals surface area contributed by atoms with Gasteiger partial charge in [0.2, 0.25) is 5.91 Å². The van der Waals surface area contributed by atoms with Gasteiger partial charge in [-0.2, -0.15) is 0 Å². The summed E-state index contributed by atoms with van der Waals surface area (Å²) in [6.45, 7) is 1.63. The topological polar surface area (TPSA) is 71.1 Å². The van der Waals surface area contributed by atoms with Crippen molar-refractivity contribution >= 4 is 39.9 Å². The minimum Gasteiger partial charge on any atom is -0.340 e. The largest absolute Gasteiger partial charge is 0.340 e. The van der Waals surface area contributed by atoms with Crippen LogP contribution in [0.5, 0.6) is 0 Å². The lowest BCUT2D eigenvalue weighted by Gasteiger charge is -2.13. The van der Waals surface area contributed by atoms with E-state index in [0.717, 1.165) is 25.0 Å². The lowest BCUT2D eigenvalue weighted by molar-refractivity contribution is -0.117. The van der Waals surface area contributed by atoms with Crippen LogP contribution in [-0.2, 0) is 17.6 Å². The van der Waals surface area contributed by atoms with Gasteiger partial charge >= 0.3 is 0 Å². The molecule has 2 amide bonds. The third-order valence-corrected chi connectivity index (χ3v) is 5.09. The molecule has 23 heavy (non-hydrogen) atoms. The molecule has 1 aromatic carbocycles. The summed E-state index contributed by atoms with van der Waals surface area (Å²) in [4.78, 5) is 30.0. The summed E-state index contributed by atoms with van der Waals surface area (Å²) in [6, 6.07) is 6.04. The quantitative estimate of drug-likeness (QED) is 0.891. The van der Waals surface area contributed by atoms with Gasteiger partial charge in [0, 0.05) is 4.88 Å². The van der Waals surface area contributed by atoms with Crippen LogP contribution in [-0.4, -0.2) is 22.8 Å². The molecule has 0 aliphatic heterocycles. The summed E-state index contributed by atoms with van der Waals surface area (Å²) in [5, 5.41) is 6.36. The monoisotopic (exact) mass is 349 g/mol. The number of anilines is 1. The van der Waals surface area contributed by atoms with E-state index >= 15 is 0 Å². The van der Waals surface area contributed by atoms with Crippen LogP contribution in [0, 0.1) is 0 Å². The Hall–Kier alpha value is -1.92. The van der Waals surface area contributed by atoms with Crippen molar-refractivity contribution in [1.29, 1.82) is 0 Å². The van der Waals surface area contributed by atoms with Crippen LogP contribution in [0.1, 0.15) is 34.3 Å². The molecular weight excluding hydrogens is 334 g/mol. The molecule has 2 aromatic rings. The van der Waals surface area contributed by atoms with E-state index in [4.69, 9.17) is 11.6 Å². The van der Waals surface area contributed by atoms with Gasteiger partial charge in [-0.15, -0.1) is 11.3 Å². The van der Waals surface area contributed by atoms with Crippen molar-refractivity contribution in [1.82, 2.24) is 10.3 Å². The van der Waals surface area contributed by atoms with Crippen LogP contribution in [0.3, 0.4) is 0 Å². The highest BCUT2D eigenvalue weighted by Gasteiger charge is 2.21. The number of fused-ring (bicyclic) bond motifs is 1. The van der Waals surface area contributed by atoms with Crippen LogP contribution in [0.15, 0.2) is 24.3 Å². The van der Waals surface area contributed by atoms with Gasteiger partial charge < -0.3 is 10.6 Å². The Kier molecular flexibility index (Phi) is 4.63. The lowest BCUT2D eigenvalue weighted by Crippen LogP contribution is -2.41. The first-order valence-corrected chi connectivity index (χ1v) is 8.59. The second-order valence-electron chi connectivity index (χ2n) is 5.41. The Balaban J connectivity index is 1.61. The van der Waals surface area contributed by atoms with Gasteiger partial charge in [-0.3, -0.25) is 9.59 Å². The molecule has 7 heteroatoms. The third kappa shape index (κ3) is 3.54. The van der Waals surface area contributed by atoms with E-state index in [1.54, 1.807) is 31.2 Å². The molecule has 120 valence electrons. The normalized spacial score (nSPS) is 14.2. The predicted molar refractivity (Wildman–Crippen MR) is 91.1 cm³/mol. The number of amides is 2. The number of benzene rings is 1. The number of aryl methyl sites for hydroxylation is 2. The number of thiazole rings is 1. The maximum Gasteiger partial charge on any atom is 0.253 e. The van der Waals surface area contributed by atoms with Crippen LogP contribution in [0.25, 0.3) is 0 Å². The van der Waals surface area contributed by atoms with Crippen LogP contribution in [0.4, 0.5) is 5.13 Å². The molecule has 3 rings (SSSR count). The molecule has 0 radical (unpaired) electrons. The summed E-state index contributed by atoms with van der Waals surface area (Å²) in [6.07, 6.45) is 3.13. The predicted octanol–water partition coefficient (Wildman–Crippen LogP) is 3.04. The van der Waals surface area contributed by atoms with Gasteiger partial charge in [-0.05, 0) is 38.3 Å². The second-order valence-corrected chi connectivity index (χ2v) is 6.90. The number of rotatable bonds is 4. The molecule has 0 bridgehead atoms. The summed E-state index contributed by atoms with van der Waals surface area (Å²) >= 11 is 7.49. The highest BCUT2D eigenvalue weighted by atomic mass is 35.5. The first kappa shape index (κ1) is 16.0. The standard InChI is InChI=1S/C16H16ClN3O2S/c1-9(18-15(22)10-5-2-3-6-11(10)17)14(21)20-16-19-12-7-4-8-13(12)23-16/h2-3,5-6,9H,4,7-8H2,1H3,(H,18,22)(H,19,20,21). The Morgan fingerprint density at radius 3 is 2.83 bits per heavy atom. The van der Waals surface area contributed by atoms with Crippen LogP contribution >= 0.6 is 22.9 Å². The first-order chi connectivity index (χ1) is 11.0. The molecule has 0 spiro atoms. The molecule has 1 atom stereocenters. The summed E-state index contributed by atoms with van der Waals surface area (Å²) in [5.41, 5.74) is 1.43. The van der Waals surface area contributed by atoms with Crippen molar-refractivity contribution in [2.75, 3.05) is 5.32 Å². The number of carbonyl (C=O) groups excluding carboxylic acids is 2. The number of halogens is 1. The Morgan fingerprint density at radius 1 is 1.30 bits per heavy atom. The Bertz CT molecular complexity index is 738. The fraction of sp³-hybridized carbons (Fsp3) is 0.312. The molecule has 2 N–H and O–H groups in total. The zero-order valence-corrected chi connectivity index (χ0v) is 14.1. The van der Waals surface area contributed by atoms with E-state index in [1.807, 2.05) is 0 Å². The first-order valence-electron chi connectivity index (χ1n) is 7.39. The minimum absolute atomic E-state index is 0.294. The maximum absolute atomic E-state index is 12.2. The molecule has 1 aliphatic carbocycles. The van der Waals surface area contributed by atoms with E-state index in [-0.39, 0.29) is 11.8 Å². The molecule has 0 saturated carbocycles. The summed E-state index contributed by atoms with van der Waals surface area (Å²) < 4.78 is 0. The van der Waals surface area contributed by atoms with Crippen molar-refractivity contribution < 1.29 is 9.59 Å². The number of aromatic nitrogens is 1. The highest BCUT2D eigenvalue weighted by molar-refractivity contribution is 7.15. The summed E-state index contributed by atoms with van der Waals surface area (Å²) in [5.74, 6) is -0.669. The molecular formula is C16H16ClN3O2S. The molecule has 1 unspecified atom stereocenters. The molecule has 1 aromatic heterocycles. The molecule has 5 nitrogen and oxygen atoms in total. The van der Waals surface area contributed by atoms with Gasteiger partial charge in [0.1, 0.15) is 6.04 Å². The van der Waals surface area contributed by atoms with Crippen molar-refractivity contribution in [2.24, 2.45) is 0 Å². The van der Waals surface area contributed by atoms with Crippen LogP contribution in [0.2, 0.25) is 5.02 Å². The molecule has 0 saturated heterocycles. The number of nitrogens with zero attached hydrogens (tertiary/aromatic N) is 1. The van der Waals surface area contributed by atoms with E-state index < -0.39 is 6.04 Å². The van der Waals surface area contributed by atoms with Crippen molar-refractivity contribution in [2.45, 2.75) is 32.2 Å². The van der Waals surface area contributed by atoms with Crippen molar-refractivity contribution in [3.63, 3.8) is 0 Å². The van der Waals surface area contributed by atoms with Gasteiger partial charge in [0.25, 0.3) is 5.91 Å². The molecule has 0 fully saturated rings. The Morgan fingerprint density at radius 2 is 2.09 bits per heavy atom. The van der Waals surface area contributed by atoms with E-state index in [0.29, 0.717) is 15.7 Å². The average Bonchev–Trinajstić information content (AvgIpc) is 3.08. The van der Waals surface area contributed by atoms with E-state index in [9.17, 15) is 9.59 Å². The number of hydrogen-bond acceptors (Lipinski definition) is 4. The molecule has 1 heterocycles. The van der Waals surface area contributed by atoms with Gasteiger partial charge in [0.05, 0.1) is 16.3 Å². The maximum atomic E-state index is 12.2. The number of hydrogen-bond donors (Lipinski definition) is 2. The molecule has 1 aliphatic rings. The number of carbonyl (C=O) groups is 2.